The van der Waals surface area contributed by atoms with Crippen molar-refractivity contribution in [3.8, 4) is 0 Å². The van der Waals surface area contributed by atoms with Crippen molar-refractivity contribution in [1.29, 1.82) is 0 Å². The number of rotatable bonds is 1. The van der Waals surface area contributed by atoms with Gasteiger partial charge in [0.1, 0.15) is 17.9 Å². The van der Waals surface area contributed by atoms with Gasteiger partial charge in [0.05, 0.1) is 29.4 Å². The number of imidazole rings is 1. The van der Waals surface area contributed by atoms with Gasteiger partial charge in [-0.3, -0.25) is 0 Å². The largest absolute Gasteiger partial charge is 0.495 e. The highest BCUT2D eigenvalue weighted by Crippen LogP contribution is 2.37. The van der Waals surface area contributed by atoms with Crippen LogP contribution in [0.3, 0.4) is 0 Å². The smallest absolute Gasteiger partial charge is 0.399 e. The lowest BCUT2D eigenvalue weighted by Crippen LogP contribution is -2.41. The molecule has 24 heavy (non-hydrogen) atoms. The van der Waals surface area contributed by atoms with Crippen molar-refractivity contribution < 1.29 is 18.4 Å². The Morgan fingerprint density at radius 3 is 2.54 bits per heavy atom. The van der Waals surface area contributed by atoms with E-state index in [0.29, 0.717) is 24.2 Å². The molecule has 0 radical (unpaired) electrons. The van der Waals surface area contributed by atoms with Crippen LogP contribution < -0.4 is 5.46 Å². The number of benzene rings is 1. The average Bonchev–Trinajstić information content (AvgIpc) is 2.95. The third-order valence-corrected chi connectivity index (χ3v) is 5.40. The van der Waals surface area contributed by atoms with Gasteiger partial charge in [-0.1, -0.05) is 0 Å². The first-order valence-corrected chi connectivity index (χ1v) is 8.33. The van der Waals surface area contributed by atoms with Crippen molar-refractivity contribution in [3.05, 3.63) is 23.8 Å². The fourth-order valence-corrected chi connectivity index (χ4v) is 3.33. The maximum atomic E-state index is 14.7. The predicted molar refractivity (Wildman–Crippen MR) is 89.8 cm³/mol. The first-order valence-electron chi connectivity index (χ1n) is 8.33. The standard InChI is InChI=1S/C17H22BFN2O3/c1-10-8-22-9-14-20-15-12(19)6-11(7-13(15)21(10)14)18-23-16(2,3)17(4,5)24-18/h6-7,10H,8-9H2,1-5H3. The summed E-state index contributed by atoms with van der Waals surface area (Å²) >= 11 is 0. The van der Waals surface area contributed by atoms with Crippen LogP contribution in [0, 0.1) is 5.82 Å². The minimum atomic E-state index is -0.588. The summed E-state index contributed by atoms with van der Waals surface area (Å²) in [5, 5.41) is 0. The first kappa shape index (κ1) is 16.1. The van der Waals surface area contributed by atoms with Crippen molar-refractivity contribution >= 4 is 23.6 Å². The summed E-state index contributed by atoms with van der Waals surface area (Å²) in [4.78, 5) is 4.41. The minimum Gasteiger partial charge on any atom is -0.399 e. The first-order chi connectivity index (χ1) is 11.2. The van der Waals surface area contributed by atoms with Gasteiger partial charge in [-0.05, 0) is 52.2 Å². The lowest BCUT2D eigenvalue weighted by Gasteiger charge is -2.32. The van der Waals surface area contributed by atoms with Crippen LogP contribution in [-0.2, 0) is 20.7 Å². The maximum absolute atomic E-state index is 14.7. The molecule has 1 saturated heterocycles. The Hall–Kier alpha value is -1.44. The molecule has 5 nitrogen and oxygen atoms in total. The molecule has 0 N–H and O–H groups in total. The number of nitrogens with zero attached hydrogens (tertiary/aromatic N) is 2. The Morgan fingerprint density at radius 1 is 1.21 bits per heavy atom. The Bertz CT molecular complexity index is 802. The SMILES string of the molecule is CC1COCc2nc3c(F)cc(B4OC(C)(C)C(C)(C)O4)cc3n21. The summed E-state index contributed by atoms with van der Waals surface area (Å²) in [6.07, 6.45) is 0. The summed E-state index contributed by atoms with van der Waals surface area (Å²) in [6.45, 7) is 11.0. The van der Waals surface area contributed by atoms with E-state index in [-0.39, 0.29) is 11.9 Å². The Labute approximate surface area is 141 Å². The number of ether oxygens (including phenoxy) is 1. The van der Waals surface area contributed by atoms with Gasteiger partial charge in [0.15, 0.2) is 5.82 Å². The van der Waals surface area contributed by atoms with Crippen LogP contribution >= 0.6 is 0 Å². The fourth-order valence-electron chi connectivity index (χ4n) is 3.33. The van der Waals surface area contributed by atoms with Gasteiger partial charge in [-0.2, -0.15) is 0 Å². The fraction of sp³-hybridized carbons (Fsp3) is 0.588. The summed E-state index contributed by atoms with van der Waals surface area (Å²) in [6, 6.07) is 3.51. The van der Waals surface area contributed by atoms with Crippen LogP contribution in [0.25, 0.3) is 11.0 Å². The predicted octanol–water partition coefficient (Wildman–Crippen LogP) is 2.57. The summed E-state index contributed by atoms with van der Waals surface area (Å²) in [5.74, 6) is 0.403. The second-order valence-corrected chi connectivity index (χ2v) is 7.72. The summed E-state index contributed by atoms with van der Waals surface area (Å²) in [5.41, 5.74) is 0.912. The minimum absolute atomic E-state index is 0.117. The van der Waals surface area contributed by atoms with Gasteiger partial charge in [0.2, 0.25) is 0 Å². The molecule has 2 aliphatic heterocycles. The zero-order valence-corrected chi connectivity index (χ0v) is 14.7. The van der Waals surface area contributed by atoms with Crippen molar-refractivity contribution in [2.45, 2.75) is 58.5 Å². The highest BCUT2D eigenvalue weighted by Gasteiger charge is 2.52. The van der Waals surface area contributed by atoms with E-state index in [1.165, 1.54) is 6.07 Å². The topological polar surface area (TPSA) is 45.5 Å². The Morgan fingerprint density at radius 2 is 1.88 bits per heavy atom. The molecule has 2 aromatic rings. The van der Waals surface area contributed by atoms with Crippen molar-refractivity contribution in [3.63, 3.8) is 0 Å². The van der Waals surface area contributed by atoms with Gasteiger partial charge in [0, 0.05) is 0 Å². The molecule has 0 saturated carbocycles. The van der Waals surface area contributed by atoms with Crippen molar-refractivity contribution in [1.82, 2.24) is 9.55 Å². The molecule has 1 unspecified atom stereocenters. The number of aromatic nitrogens is 2. The molecule has 0 aliphatic carbocycles. The van der Waals surface area contributed by atoms with Crippen LogP contribution in [-0.4, -0.2) is 34.5 Å². The molecular formula is C17H22BFN2O3. The van der Waals surface area contributed by atoms with Crippen molar-refractivity contribution in [2.75, 3.05) is 6.61 Å². The number of hydrogen-bond acceptors (Lipinski definition) is 4. The van der Waals surface area contributed by atoms with E-state index < -0.39 is 18.3 Å². The lowest BCUT2D eigenvalue weighted by molar-refractivity contribution is 0.00578. The van der Waals surface area contributed by atoms with Crippen LogP contribution in [0.2, 0.25) is 0 Å². The molecule has 1 fully saturated rings. The van der Waals surface area contributed by atoms with Gasteiger partial charge in [-0.15, -0.1) is 0 Å². The van der Waals surface area contributed by atoms with E-state index >= 15 is 0 Å². The lowest BCUT2D eigenvalue weighted by atomic mass is 9.79. The van der Waals surface area contributed by atoms with E-state index in [2.05, 4.69) is 9.55 Å². The second kappa shape index (κ2) is 5.03. The Kier molecular flexibility index (Phi) is 3.37. The average molecular weight is 332 g/mol. The third kappa shape index (κ3) is 2.22. The number of fused-ring (bicyclic) bond motifs is 3. The molecule has 1 aromatic heterocycles. The molecule has 0 spiro atoms. The number of halogens is 1. The second-order valence-electron chi connectivity index (χ2n) is 7.72. The van der Waals surface area contributed by atoms with E-state index in [9.17, 15) is 4.39 Å². The summed E-state index contributed by atoms with van der Waals surface area (Å²) < 4.78 is 34.3. The van der Waals surface area contributed by atoms with Gasteiger partial charge >= 0.3 is 7.12 Å². The van der Waals surface area contributed by atoms with Gasteiger partial charge in [-0.25, -0.2) is 9.37 Å². The monoisotopic (exact) mass is 332 g/mol. The van der Waals surface area contributed by atoms with E-state index in [1.807, 2.05) is 40.7 Å². The van der Waals surface area contributed by atoms with Crippen LogP contribution in [0.5, 0.6) is 0 Å². The van der Waals surface area contributed by atoms with Crippen molar-refractivity contribution in [2.24, 2.45) is 0 Å². The van der Waals surface area contributed by atoms with E-state index in [1.54, 1.807) is 0 Å². The van der Waals surface area contributed by atoms with Crippen LogP contribution in [0.15, 0.2) is 12.1 Å². The van der Waals surface area contributed by atoms with E-state index in [4.69, 9.17) is 14.0 Å². The highest BCUT2D eigenvalue weighted by molar-refractivity contribution is 6.62. The molecule has 1 aromatic carbocycles. The summed E-state index contributed by atoms with van der Waals surface area (Å²) in [7, 11) is -0.588. The quantitative estimate of drug-likeness (QED) is 0.753. The van der Waals surface area contributed by atoms with Crippen LogP contribution in [0.1, 0.15) is 46.5 Å². The molecule has 0 bridgehead atoms. The molecule has 2 aliphatic rings. The van der Waals surface area contributed by atoms with E-state index in [0.717, 1.165) is 11.3 Å². The molecule has 0 amide bonds. The third-order valence-electron chi connectivity index (χ3n) is 5.40. The van der Waals surface area contributed by atoms with Gasteiger partial charge < -0.3 is 18.6 Å². The molecular weight excluding hydrogens is 310 g/mol. The zero-order chi connectivity index (χ0) is 17.3. The van der Waals surface area contributed by atoms with Gasteiger partial charge in [0.25, 0.3) is 0 Å². The molecule has 4 rings (SSSR count). The van der Waals surface area contributed by atoms with Crippen LogP contribution in [0.4, 0.5) is 4.39 Å². The normalized spacial score (nSPS) is 25.2. The molecule has 3 heterocycles. The Balaban J connectivity index is 1.83. The molecule has 1 atom stereocenters. The maximum Gasteiger partial charge on any atom is 0.495 e. The molecule has 128 valence electrons. The zero-order valence-electron chi connectivity index (χ0n) is 14.7. The number of hydrogen-bond donors (Lipinski definition) is 0. The highest BCUT2D eigenvalue weighted by atomic mass is 19.1. The molecule has 7 heteroatoms.